The van der Waals surface area contributed by atoms with Crippen LogP contribution in [0, 0.1) is 10.1 Å². The number of furan rings is 1. The van der Waals surface area contributed by atoms with Gasteiger partial charge in [-0.2, -0.15) is 0 Å². The maximum Gasteiger partial charge on any atom is 0.433 e. The average Bonchev–Trinajstić information content (AvgIpc) is 2.76. The second kappa shape index (κ2) is 4.75. The lowest BCUT2D eigenvalue weighted by atomic mass is 10.5. The minimum absolute atomic E-state index is 0.246. The molecule has 0 N–H and O–H groups in total. The first-order valence-corrected chi connectivity index (χ1v) is 5.37. The Morgan fingerprint density at radius 3 is 2.75 bits per heavy atom. The Kier molecular flexibility index (Phi) is 3.16. The molecule has 0 saturated carbocycles. The van der Waals surface area contributed by atoms with E-state index in [0.29, 0.717) is 16.7 Å². The number of aromatic nitrogens is 2. The molecule has 0 aliphatic rings. The summed E-state index contributed by atoms with van der Waals surface area (Å²) >= 11 is 1.36. The molecule has 0 spiro atoms. The number of hydrogen-bond donors (Lipinski definition) is 0. The van der Waals surface area contributed by atoms with Gasteiger partial charge in [0, 0.05) is 12.4 Å². The molecule has 0 aliphatic carbocycles. The van der Waals surface area contributed by atoms with Gasteiger partial charge in [0.15, 0.2) is 5.16 Å². The maximum absolute atomic E-state index is 10.4. The van der Waals surface area contributed by atoms with E-state index in [1.54, 1.807) is 24.5 Å². The predicted octanol–water partition coefficient (Wildman–Crippen LogP) is 2.27. The summed E-state index contributed by atoms with van der Waals surface area (Å²) in [6.07, 6.45) is 3.28. The highest BCUT2D eigenvalue weighted by atomic mass is 32.2. The summed E-state index contributed by atoms with van der Waals surface area (Å²) in [5.74, 6) is 0.756. The fraction of sp³-hybridized carbons (Fsp3) is 0.111. The third kappa shape index (κ3) is 2.57. The maximum atomic E-state index is 10.4. The molecule has 0 aliphatic heterocycles. The van der Waals surface area contributed by atoms with Crippen molar-refractivity contribution < 1.29 is 9.34 Å². The van der Waals surface area contributed by atoms with Gasteiger partial charge < -0.3 is 4.42 Å². The third-order valence-corrected chi connectivity index (χ3v) is 2.61. The molecule has 0 saturated heterocycles. The van der Waals surface area contributed by atoms with Crippen molar-refractivity contribution >= 4 is 17.6 Å². The van der Waals surface area contributed by atoms with Crippen molar-refractivity contribution in [2.75, 3.05) is 0 Å². The third-order valence-electron chi connectivity index (χ3n) is 1.71. The van der Waals surface area contributed by atoms with Gasteiger partial charge in [0.2, 0.25) is 0 Å². The molecular weight excluding hydrogens is 230 g/mol. The molecule has 16 heavy (non-hydrogen) atoms. The first-order valence-electron chi connectivity index (χ1n) is 4.38. The van der Waals surface area contributed by atoms with Crippen LogP contribution in [0.2, 0.25) is 0 Å². The topological polar surface area (TPSA) is 82.1 Å². The fourth-order valence-electron chi connectivity index (χ4n) is 1.04. The first-order chi connectivity index (χ1) is 7.75. The second-order valence-corrected chi connectivity index (χ2v) is 3.76. The summed E-state index contributed by atoms with van der Waals surface area (Å²) in [6, 6.07) is 4.64. The van der Waals surface area contributed by atoms with Crippen LogP contribution < -0.4 is 0 Å². The van der Waals surface area contributed by atoms with Crippen LogP contribution in [0.25, 0.3) is 0 Å². The number of hydrogen-bond acceptors (Lipinski definition) is 6. The number of thioether (sulfide) groups is 1. The predicted molar refractivity (Wildman–Crippen MR) is 57.0 cm³/mol. The number of nitrogens with zero attached hydrogens (tertiary/aromatic N) is 3. The first kappa shape index (κ1) is 10.6. The highest BCUT2D eigenvalue weighted by molar-refractivity contribution is 7.98. The molecule has 0 aromatic carbocycles. The molecule has 0 bridgehead atoms. The molecular formula is C9H7N3O3S. The van der Waals surface area contributed by atoms with E-state index in [4.69, 9.17) is 4.42 Å². The number of rotatable bonds is 4. The molecule has 0 amide bonds. The van der Waals surface area contributed by atoms with Gasteiger partial charge in [0.25, 0.3) is 0 Å². The quantitative estimate of drug-likeness (QED) is 0.351. The molecule has 0 atom stereocenters. The van der Waals surface area contributed by atoms with E-state index in [2.05, 4.69) is 9.97 Å². The Morgan fingerprint density at radius 2 is 2.12 bits per heavy atom. The number of nitro groups is 1. The van der Waals surface area contributed by atoms with E-state index < -0.39 is 4.92 Å². The van der Waals surface area contributed by atoms with Gasteiger partial charge in [0.1, 0.15) is 10.7 Å². The van der Waals surface area contributed by atoms with Gasteiger partial charge in [-0.3, -0.25) is 10.1 Å². The van der Waals surface area contributed by atoms with Crippen LogP contribution >= 0.6 is 11.8 Å². The van der Waals surface area contributed by atoms with Gasteiger partial charge in [-0.05, 0) is 12.1 Å². The van der Waals surface area contributed by atoms with Crippen molar-refractivity contribution in [3.05, 3.63) is 46.5 Å². The highest BCUT2D eigenvalue weighted by Crippen LogP contribution is 2.22. The van der Waals surface area contributed by atoms with Crippen molar-refractivity contribution in [3.63, 3.8) is 0 Å². The van der Waals surface area contributed by atoms with Crippen LogP contribution in [0.1, 0.15) is 5.76 Å². The van der Waals surface area contributed by atoms with Crippen LogP contribution in [0.5, 0.6) is 0 Å². The zero-order valence-corrected chi connectivity index (χ0v) is 8.88. The van der Waals surface area contributed by atoms with Crippen molar-refractivity contribution in [3.8, 4) is 0 Å². The van der Waals surface area contributed by atoms with E-state index in [0.717, 1.165) is 0 Å². The van der Waals surface area contributed by atoms with Crippen molar-refractivity contribution in [2.24, 2.45) is 0 Å². The van der Waals surface area contributed by atoms with Crippen LogP contribution in [0.4, 0.5) is 5.88 Å². The van der Waals surface area contributed by atoms with Crippen LogP contribution in [-0.4, -0.2) is 14.9 Å². The summed E-state index contributed by atoms with van der Waals surface area (Å²) in [6.45, 7) is 0. The van der Waals surface area contributed by atoms with E-state index >= 15 is 0 Å². The zero-order valence-electron chi connectivity index (χ0n) is 8.07. The Labute approximate surface area is 94.9 Å². The molecule has 0 unspecified atom stereocenters. The van der Waals surface area contributed by atoms with E-state index in [1.807, 2.05) is 0 Å². The van der Waals surface area contributed by atoms with Gasteiger partial charge in [-0.1, -0.05) is 11.8 Å². The summed E-state index contributed by atoms with van der Waals surface area (Å²) < 4.78 is 4.99. The second-order valence-electron chi connectivity index (χ2n) is 2.82. The van der Waals surface area contributed by atoms with Crippen LogP contribution in [0.3, 0.4) is 0 Å². The molecule has 7 heteroatoms. The van der Waals surface area contributed by atoms with Crippen LogP contribution in [-0.2, 0) is 5.75 Å². The molecule has 2 heterocycles. The van der Waals surface area contributed by atoms with Crippen molar-refractivity contribution in [2.45, 2.75) is 10.9 Å². The Balaban J connectivity index is 1.97. The molecule has 82 valence electrons. The van der Waals surface area contributed by atoms with Gasteiger partial charge in [0.05, 0.1) is 11.8 Å². The minimum atomic E-state index is -0.562. The summed E-state index contributed by atoms with van der Waals surface area (Å²) in [4.78, 5) is 17.8. The Hall–Kier alpha value is -1.89. The standard InChI is InChI=1S/C9H7N3O3S/c13-12(14)8-3-2-7(15-8)6-16-9-10-4-1-5-11-9/h1-5H,6H2. The molecule has 6 nitrogen and oxygen atoms in total. The zero-order chi connectivity index (χ0) is 11.4. The largest absolute Gasteiger partial charge is 0.433 e. The van der Waals surface area contributed by atoms with Crippen molar-refractivity contribution in [1.82, 2.24) is 9.97 Å². The SMILES string of the molecule is O=[N+]([O-])c1ccc(CSc2ncccn2)o1. The summed E-state index contributed by atoms with van der Waals surface area (Å²) in [5.41, 5.74) is 0. The highest BCUT2D eigenvalue weighted by Gasteiger charge is 2.11. The monoisotopic (exact) mass is 237 g/mol. The Morgan fingerprint density at radius 1 is 1.38 bits per heavy atom. The lowest BCUT2D eigenvalue weighted by Gasteiger charge is -1.95. The van der Waals surface area contributed by atoms with Gasteiger partial charge in [-0.25, -0.2) is 9.97 Å². The molecule has 0 fully saturated rings. The van der Waals surface area contributed by atoms with E-state index in [-0.39, 0.29) is 5.88 Å². The minimum Gasteiger partial charge on any atom is -0.405 e. The molecule has 0 radical (unpaired) electrons. The average molecular weight is 237 g/mol. The Bertz CT molecular complexity index is 486. The molecule has 2 rings (SSSR count). The van der Waals surface area contributed by atoms with E-state index in [1.165, 1.54) is 17.8 Å². The van der Waals surface area contributed by atoms with Crippen molar-refractivity contribution in [1.29, 1.82) is 0 Å². The smallest absolute Gasteiger partial charge is 0.405 e. The fourth-order valence-corrected chi connectivity index (χ4v) is 1.74. The van der Waals surface area contributed by atoms with Gasteiger partial charge >= 0.3 is 5.88 Å². The summed E-state index contributed by atoms with van der Waals surface area (Å²) in [5, 5.41) is 11.0. The lowest BCUT2D eigenvalue weighted by Crippen LogP contribution is -1.85. The summed E-state index contributed by atoms with van der Waals surface area (Å²) in [7, 11) is 0. The molecule has 2 aromatic heterocycles. The van der Waals surface area contributed by atoms with Crippen LogP contribution in [0.15, 0.2) is 40.2 Å². The van der Waals surface area contributed by atoms with E-state index in [9.17, 15) is 10.1 Å². The normalized spacial score (nSPS) is 10.2. The van der Waals surface area contributed by atoms with Gasteiger partial charge in [-0.15, -0.1) is 0 Å². The molecule has 2 aromatic rings. The lowest BCUT2D eigenvalue weighted by molar-refractivity contribution is -0.402.